The molecule has 0 saturated heterocycles. The molecule has 2 aromatic rings. The molecule has 3 amide bonds. The van der Waals surface area contributed by atoms with Crippen LogP contribution in [-0.2, 0) is 20.7 Å². The summed E-state index contributed by atoms with van der Waals surface area (Å²) < 4.78 is 6.29. The number of urea groups is 1. The zero-order chi connectivity index (χ0) is 18.8. The number of aromatic nitrogens is 4. The van der Waals surface area contributed by atoms with Gasteiger partial charge >= 0.3 is 12.0 Å². The Morgan fingerprint density at radius 1 is 1.23 bits per heavy atom. The lowest BCUT2D eigenvalue weighted by atomic mass is 10.1. The Bertz CT molecular complexity index is 720. The summed E-state index contributed by atoms with van der Waals surface area (Å²) in [7, 11) is 0. The predicted octanol–water partition coefficient (Wildman–Crippen LogP) is 0.236. The molecule has 0 saturated carbocycles. The number of ether oxygens (including phenoxy) is 1. The maximum absolute atomic E-state index is 12.4. The molecule has 0 radical (unpaired) electrons. The van der Waals surface area contributed by atoms with E-state index in [2.05, 4.69) is 26.2 Å². The molecule has 0 bridgehead atoms. The van der Waals surface area contributed by atoms with Crippen LogP contribution in [0, 0.1) is 0 Å². The number of esters is 1. The van der Waals surface area contributed by atoms with Crippen molar-refractivity contribution in [2.45, 2.75) is 25.8 Å². The van der Waals surface area contributed by atoms with Gasteiger partial charge < -0.3 is 10.1 Å². The molecule has 0 fully saturated rings. The van der Waals surface area contributed by atoms with E-state index in [-0.39, 0.29) is 0 Å². The molecule has 2 rings (SSSR count). The highest BCUT2D eigenvalue weighted by Crippen LogP contribution is 2.14. The number of rotatable bonds is 8. The number of nitrogens with zero attached hydrogens (tertiary/aromatic N) is 4. The van der Waals surface area contributed by atoms with Gasteiger partial charge in [0.25, 0.3) is 5.91 Å². The Labute approximate surface area is 149 Å². The third-order valence-electron chi connectivity index (χ3n) is 3.36. The third-order valence-corrected chi connectivity index (χ3v) is 3.36. The fourth-order valence-electron chi connectivity index (χ4n) is 2.11. The highest BCUT2D eigenvalue weighted by molar-refractivity contribution is 5.95. The van der Waals surface area contributed by atoms with Gasteiger partial charge in [-0.05, 0) is 22.4 Å². The van der Waals surface area contributed by atoms with Gasteiger partial charge in [-0.15, -0.1) is 5.10 Å². The zero-order valence-corrected chi connectivity index (χ0v) is 14.3. The lowest BCUT2D eigenvalue weighted by Gasteiger charge is -2.15. The van der Waals surface area contributed by atoms with Crippen molar-refractivity contribution in [1.29, 1.82) is 0 Å². The number of carbonyl (C=O) groups excluding carboxylic acids is 3. The van der Waals surface area contributed by atoms with Gasteiger partial charge in [-0.25, -0.2) is 14.3 Å². The maximum atomic E-state index is 12.4. The number of hydrogen-bond donors (Lipinski definition) is 2. The van der Waals surface area contributed by atoms with Crippen molar-refractivity contribution in [2.24, 2.45) is 0 Å². The maximum Gasteiger partial charge on any atom is 0.331 e. The third kappa shape index (κ3) is 5.96. The van der Waals surface area contributed by atoms with Gasteiger partial charge in [0, 0.05) is 13.0 Å². The first-order valence-electron chi connectivity index (χ1n) is 8.11. The molecular formula is C16H20N6O4. The minimum atomic E-state index is -0.825. The number of benzene rings is 1. The Morgan fingerprint density at radius 3 is 2.65 bits per heavy atom. The van der Waals surface area contributed by atoms with Crippen LogP contribution < -0.4 is 10.6 Å². The van der Waals surface area contributed by atoms with Crippen LogP contribution in [0.25, 0.3) is 0 Å². The van der Waals surface area contributed by atoms with E-state index >= 15 is 0 Å². The summed E-state index contributed by atoms with van der Waals surface area (Å²) in [4.78, 5) is 35.5. The summed E-state index contributed by atoms with van der Waals surface area (Å²) in [5, 5.41) is 15.3. The van der Waals surface area contributed by atoms with E-state index in [9.17, 15) is 14.4 Å². The second kappa shape index (κ2) is 9.87. The average Bonchev–Trinajstić information content (AvgIpc) is 3.17. The summed E-state index contributed by atoms with van der Waals surface area (Å²) in [6.07, 6.45) is 2.33. The number of hydrogen-bond acceptors (Lipinski definition) is 7. The van der Waals surface area contributed by atoms with E-state index in [1.807, 2.05) is 37.3 Å². The Kier molecular flexibility index (Phi) is 7.22. The Morgan fingerprint density at radius 2 is 2.00 bits per heavy atom. The van der Waals surface area contributed by atoms with Gasteiger partial charge in [0.2, 0.25) is 0 Å². The van der Waals surface area contributed by atoms with Crippen LogP contribution in [0.15, 0.2) is 36.7 Å². The summed E-state index contributed by atoms with van der Waals surface area (Å²) in [6.45, 7) is 1.75. The summed E-state index contributed by atoms with van der Waals surface area (Å²) in [6, 6.07) is 7.81. The molecule has 0 aliphatic heterocycles. The van der Waals surface area contributed by atoms with Crippen LogP contribution in [0.1, 0.15) is 24.9 Å². The first-order valence-corrected chi connectivity index (χ1v) is 8.11. The van der Waals surface area contributed by atoms with Crippen molar-refractivity contribution in [2.75, 3.05) is 13.2 Å². The monoisotopic (exact) mass is 360 g/mol. The van der Waals surface area contributed by atoms with E-state index in [1.54, 1.807) is 0 Å². The van der Waals surface area contributed by atoms with E-state index in [0.29, 0.717) is 13.0 Å². The number of nitrogens with one attached hydrogen (secondary N) is 2. The minimum Gasteiger partial charge on any atom is -0.454 e. The second-order valence-corrected chi connectivity index (χ2v) is 5.41. The number of imide groups is 1. The van der Waals surface area contributed by atoms with Gasteiger partial charge in [0.15, 0.2) is 12.6 Å². The smallest absolute Gasteiger partial charge is 0.331 e. The molecule has 1 aromatic heterocycles. The molecule has 0 unspecified atom stereocenters. The fourth-order valence-corrected chi connectivity index (χ4v) is 2.11. The van der Waals surface area contributed by atoms with Crippen molar-refractivity contribution in [3.8, 4) is 0 Å². The molecule has 26 heavy (non-hydrogen) atoms. The Balaban J connectivity index is 1.92. The van der Waals surface area contributed by atoms with Crippen molar-refractivity contribution in [3.63, 3.8) is 0 Å². The van der Waals surface area contributed by atoms with Gasteiger partial charge in [-0.2, -0.15) is 0 Å². The lowest BCUT2D eigenvalue weighted by Crippen LogP contribution is -2.42. The van der Waals surface area contributed by atoms with Crippen LogP contribution in [0.5, 0.6) is 0 Å². The van der Waals surface area contributed by atoms with Crippen molar-refractivity contribution < 1.29 is 19.1 Å². The standard InChI is InChI=1S/C16H20N6O4/c1-2-8-17-16(25)19-14(23)10-26-15(24)13(22-11-18-20-21-22)9-12-6-4-3-5-7-12/h3-7,11,13H,2,8-10H2,1H3,(H2,17,19,23,25)/t13-/m1/s1. The van der Waals surface area contributed by atoms with E-state index in [4.69, 9.17) is 4.74 Å². The first kappa shape index (κ1) is 19.0. The number of amides is 3. The first-order chi connectivity index (χ1) is 12.6. The minimum absolute atomic E-state index is 0.295. The van der Waals surface area contributed by atoms with Gasteiger partial charge in [-0.1, -0.05) is 37.3 Å². The molecule has 10 nitrogen and oxygen atoms in total. The van der Waals surface area contributed by atoms with Crippen LogP contribution >= 0.6 is 0 Å². The molecule has 0 aliphatic carbocycles. The SMILES string of the molecule is CCCNC(=O)NC(=O)COC(=O)[C@@H](Cc1ccccc1)n1cnnn1. The second-order valence-electron chi connectivity index (χ2n) is 5.41. The highest BCUT2D eigenvalue weighted by Gasteiger charge is 2.25. The molecule has 1 heterocycles. The van der Waals surface area contributed by atoms with Crippen LogP contribution in [-0.4, -0.2) is 51.3 Å². The Hall–Kier alpha value is -3.30. The van der Waals surface area contributed by atoms with Gasteiger partial charge in [0.05, 0.1) is 0 Å². The molecule has 2 N–H and O–H groups in total. The molecule has 138 valence electrons. The van der Waals surface area contributed by atoms with E-state index in [1.165, 1.54) is 11.0 Å². The predicted molar refractivity (Wildman–Crippen MR) is 89.8 cm³/mol. The highest BCUT2D eigenvalue weighted by atomic mass is 16.5. The van der Waals surface area contributed by atoms with Crippen molar-refractivity contribution in [3.05, 3.63) is 42.2 Å². The number of tetrazole rings is 1. The van der Waals surface area contributed by atoms with Crippen molar-refractivity contribution in [1.82, 2.24) is 30.8 Å². The lowest BCUT2D eigenvalue weighted by molar-refractivity contribution is -0.152. The molecule has 1 aromatic carbocycles. The van der Waals surface area contributed by atoms with Crippen LogP contribution in [0.3, 0.4) is 0 Å². The summed E-state index contributed by atoms with van der Waals surface area (Å²) in [5.41, 5.74) is 0.883. The molecule has 10 heteroatoms. The molecule has 0 spiro atoms. The van der Waals surface area contributed by atoms with E-state index in [0.717, 1.165) is 12.0 Å². The zero-order valence-electron chi connectivity index (χ0n) is 14.3. The quantitative estimate of drug-likeness (QED) is 0.645. The average molecular weight is 360 g/mol. The summed E-state index contributed by atoms with van der Waals surface area (Å²) in [5.74, 6) is -1.40. The molecule has 0 aliphatic rings. The van der Waals surface area contributed by atoms with Gasteiger partial charge in [-0.3, -0.25) is 10.1 Å². The van der Waals surface area contributed by atoms with Crippen LogP contribution in [0.4, 0.5) is 4.79 Å². The normalized spacial score (nSPS) is 11.4. The fraction of sp³-hybridized carbons (Fsp3) is 0.375. The number of carbonyl (C=O) groups is 3. The topological polar surface area (TPSA) is 128 Å². The van der Waals surface area contributed by atoms with Gasteiger partial charge in [0.1, 0.15) is 6.33 Å². The van der Waals surface area contributed by atoms with Crippen LogP contribution in [0.2, 0.25) is 0 Å². The molecular weight excluding hydrogens is 340 g/mol. The summed E-state index contributed by atoms with van der Waals surface area (Å²) >= 11 is 0. The largest absolute Gasteiger partial charge is 0.454 e. The van der Waals surface area contributed by atoms with Crippen molar-refractivity contribution >= 4 is 17.9 Å². The molecule has 1 atom stereocenters. The van der Waals surface area contributed by atoms with E-state index < -0.39 is 30.6 Å².